The highest BCUT2D eigenvalue weighted by Crippen LogP contribution is 2.47. The molecule has 3 N–H and O–H groups in total. The Labute approximate surface area is 320 Å². The van der Waals surface area contributed by atoms with Gasteiger partial charge in [-0.3, -0.25) is 19.1 Å². The molecule has 0 saturated carbocycles. The molecule has 0 aromatic carbocycles. The Balaban J connectivity index is 1.55. The van der Waals surface area contributed by atoms with Crippen LogP contribution in [-0.2, 0) is 47.4 Å². The van der Waals surface area contributed by atoms with Crippen LogP contribution in [0.1, 0.15) is 101 Å². The summed E-state index contributed by atoms with van der Waals surface area (Å²) in [7, 11) is 0. The molecule has 0 spiro atoms. The number of hydrogen-bond acceptors (Lipinski definition) is 15. The van der Waals surface area contributed by atoms with Gasteiger partial charge in [0.25, 0.3) is 5.56 Å². The molecule has 4 fully saturated rings. The average molecular weight is 780 g/mol. The van der Waals surface area contributed by atoms with Crippen LogP contribution in [0.3, 0.4) is 0 Å². The second kappa shape index (κ2) is 16.6. The first kappa shape index (κ1) is 42.7. The Morgan fingerprint density at radius 1 is 0.964 bits per heavy atom. The van der Waals surface area contributed by atoms with E-state index >= 15 is 0 Å². The first-order chi connectivity index (χ1) is 25.7. The second-order valence-corrected chi connectivity index (χ2v) is 16.6. The van der Waals surface area contributed by atoms with E-state index in [-0.39, 0.29) is 19.5 Å². The smallest absolute Gasteiger partial charge is 0.407 e. The highest BCUT2D eigenvalue weighted by molar-refractivity contribution is 5.77. The largest absolute Gasteiger partial charge is 0.459 e. The number of H-pyrrole nitrogens is 1. The zero-order valence-electron chi connectivity index (χ0n) is 33.4. The van der Waals surface area contributed by atoms with Crippen molar-refractivity contribution >= 4 is 12.1 Å². The van der Waals surface area contributed by atoms with Crippen LogP contribution in [-0.4, -0.2) is 113 Å². The van der Waals surface area contributed by atoms with Gasteiger partial charge >= 0.3 is 17.8 Å². The summed E-state index contributed by atoms with van der Waals surface area (Å²) in [5.41, 5.74) is -2.98. The maximum absolute atomic E-state index is 14.2. The normalized spacial score (nSPS) is 30.6. The van der Waals surface area contributed by atoms with Crippen molar-refractivity contribution in [1.29, 1.82) is 5.26 Å². The van der Waals surface area contributed by atoms with E-state index in [4.69, 9.17) is 42.6 Å². The van der Waals surface area contributed by atoms with Gasteiger partial charge in [0.2, 0.25) is 0 Å². The van der Waals surface area contributed by atoms with Crippen LogP contribution in [0.15, 0.2) is 21.9 Å². The Bertz CT molecular complexity index is 1670. The molecule has 5 heterocycles. The topological polar surface area (TPSA) is 220 Å². The van der Waals surface area contributed by atoms with Gasteiger partial charge in [0.15, 0.2) is 24.1 Å². The Morgan fingerprint density at radius 3 is 2.24 bits per heavy atom. The number of nitriles is 1. The van der Waals surface area contributed by atoms with Gasteiger partial charge in [-0.25, -0.2) is 9.59 Å². The Hall–Kier alpha value is -3.41. The van der Waals surface area contributed by atoms with Crippen molar-refractivity contribution in [3.05, 3.63) is 33.1 Å². The number of fused-ring (bicyclic) bond motifs is 2. The number of alkyl carbamates (subject to hydrolysis) is 1. The molecule has 1 amide bonds. The summed E-state index contributed by atoms with van der Waals surface area (Å²) in [6.45, 7) is 18.0. The van der Waals surface area contributed by atoms with E-state index in [1.165, 1.54) is 16.8 Å². The minimum atomic E-state index is -1.27. The van der Waals surface area contributed by atoms with Gasteiger partial charge in [0.1, 0.15) is 60.0 Å². The minimum absolute atomic E-state index is 0.0116. The molecule has 4 aliphatic rings. The van der Waals surface area contributed by atoms with Crippen LogP contribution in [0, 0.1) is 11.3 Å². The van der Waals surface area contributed by atoms with Gasteiger partial charge in [-0.05, 0) is 81.2 Å². The first-order valence-corrected chi connectivity index (χ1v) is 19.0. The van der Waals surface area contributed by atoms with E-state index in [1.807, 2.05) is 13.8 Å². The number of aromatic nitrogens is 2. The molecule has 4 saturated heterocycles. The molecule has 308 valence electrons. The number of carbonyl (C=O) groups excluding carboxylic acids is 2. The molecule has 0 bridgehead atoms. The van der Waals surface area contributed by atoms with Gasteiger partial charge in [-0.15, -0.1) is 0 Å². The number of nitrogens with one attached hydrogen (secondary N) is 3. The van der Waals surface area contributed by atoms with Crippen molar-refractivity contribution in [3.8, 4) is 6.07 Å². The van der Waals surface area contributed by atoms with E-state index < -0.39 is 107 Å². The highest BCUT2D eigenvalue weighted by Gasteiger charge is 2.63. The molecule has 18 nitrogen and oxygen atoms in total. The van der Waals surface area contributed by atoms with Crippen molar-refractivity contribution in [3.63, 3.8) is 0 Å². The molecule has 55 heavy (non-hydrogen) atoms. The van der Waals surface area contributed by atoms with Crippen molar-refractivity contribution in [2.45, 2.75) is 179 Å². The van der Waals surface area contributed by atoms with Crippen LogP contribution >= 0.6 is 0 Å². The maximum atomic E-state index is 14.2. The number of ether oxygens (including phenoxy) is 9. The Kier molecular flexibility index (Phi) is 12.9. The summed E-state index contributed by atoms with van der Waals surface area (Å²) < 4.78 is 58.3. The van der Waals surface area contributed by atoms with E-state index in [2.05, 4.69) is 21.7 Å². The number of rotatable bonds is 14. The number of hydrogen-bond donors (Lipinski definition) is 3. The van der Waals surface area contributed by atoms with Crippen LogP contribution in [0.2, 0.25) is 0 Å². The molecule has 10 atom stereocenters. The number of nitrogens with zero attached hydrogens (tertiary/aromatic N) is 2. The molecule has 5 rings (SSSR count). The zero-order valence-corrected chi connectivity index (χ0v) is 33.4. The maximum Gasteiger partial charge on any atom is 0.407 e. The van der Waals surface area contributed by atoms with Crippen LogP contribution in [0.25, 0.3) is 0 Å². The second-order valence-electron chi connectivity index (χ2n) is 16.6. The van der Waals surface area contributed by atoms with Crippen molar-refractivity contribution in [2.24, 2.45) is 0 Å². The van der Waals surface area contributed by atoms with Crippen molar-refractivity contribution in [1.82, 2.24) is 20.2 Å². The lowest BCUT2D eigenvalue weighted by atomic mass is 9.98. The monoisotopic (exact) mass is 779 g/mol. The quantitative estimate of drug-likeness (QED) is 0.182. The van der Waals surface area contributed by atoms with E-state index in [9.17, 15) is 24.4 Å². The first-order valence-electron chi connectivity index (χ1n) is 19.0. The van der Waals surface area contributed by atoms with Crippen LogP contribution in [0.4, 0.5) is 4.79 Å². The number of aromatic amines is 1. The summed E-state index contributed by atoms with van der Waals surface area (Å²) in [6.07, 6.45) is -6.50. The lowest BCUT2D eigenvalue weighted by Gasteiger charge is -2.37. The van der Waals surface area contributed by atoms with Gasteiger partial charge in [-0.1, -0.05) is 13.8 Å². The van der Waals surface area contributed by atoms with Gasteiger partial charge in [0, 0.05) is 25.2 Å². The summed E-state index contributed by atoms with van der Waals surface area (Å²) in [4.78, 5) is 54.3. The molecular weight excluding hydrogens is 722 g/mol. The lowest BCUT2D eigenvalue weighted by molar-refractivity contribution is -0.276. The molecule has 0 radical (unpaired) electrons. The van der Waals surface area contributed by atoms with Crippen LogP contribution in [0.5, 0.6) is 0 Å². The lowest BCUT2D eigenvalue weighted by Crippen LogP contribution is -2.58. The highest BCUT2D eigenvalue weighted by atomic mass is 16.8. The SMILES string of the molecule is CCC1(CC)O[C@@H]2C(CNC(=O)OC(C)(C)C)OC(O[C@H]([C@H]3O[C@@H](n4ccc(=O)[nH]c4=O)[C@@H]4OC(C)(C)O[C@H]34)[C@H](NCCCC#N)C(=O)OC(C)(C)C)[C@@H]2O1. The summed E-state index contributed by atoms with van der Waals surface area (Å²) in [5, 5.41) is 15.2. The van der Waals surface area contributed by atoms with E-state index in [0.717, 1.165) is 0 Å². The third-order valence-electron chi connectivity index (χ3n) is 9.52. The van der Waals surface area contributed by atoms with Gasteiger partial charge < -0.3 is 53.3 Å². The standard InChI is InChI=1S/C37H57N5O13/c1-11-37(12-2)52-23-20(19-40-33(46)55-35(6,7)8)47-31(28(23)53-37)49-24(22(39-17-14-13-16-38)30(44)54-34(3,4)5)25-26-27(51-36(9,10)50-26)29(48-25)42-18-15-21(43)41-32(42)45/h15,18,20,22-29,31,39H,11-14,17,19H2,1-10H3,(H,40,46)(H,41,43,45)/t20?,22-,23+,24-,25+,26+,27+,28+,29+,31?/m0/s1. The summed E-state index contributed by atoms with van der Waals surface area (Å²) in [6, 6.07) is 2.05. The number of esters is 1. The third-order valence-corrected chi connectivity index (χ3v) is 9.52. The van der Waals surface area contributed by atoms with Crippen molar-refractivity contribution in [2.75, 3.05) is 13.1 Å². The number of amides is 1. The molecule has 2 unspecified atom stereocenters. The summed E-state index contributed by atoms with van der Waals surface area (Å²) >= 11 is 0. The minimum Gasteiger partial charge on any atom is -0.459 e. The summed E-state index contributed by atoms with van der Waals surface area (Å²) in [5.74, 6) is -2.81. The average Bonchev–Trinajstić information content (AvgIpc) is 3.79. The number of carbonyl (C=O) groups is 2. The predicted molar refractivity (Wildman–Crippen MR) is 192 cm³/mol. The molecule has 0 aliphatic carbocycles. The molecular formula is C37H57N5O13. The van der Waals surface area contributed by atoms with Gasteiger partial charge in [-0.2, -0.15) is 5.26 Å². The third kappa shape index (κ3) is 10.1. The fourth-order valence-corrected chi connectivity index (χ4v) is 7.19. The predicted octanol–water partition coefficient (Wildman–Crippen LogP) is 2.49. The fourth-order valence-electron chi connectivity index (χ4n) is 7.19. The van der Waals surface area contributed by atoms with E-state index in [1.54, 1.807) is 55.4 Å². The molecule has 18 heteroatoms. The zero-order chi connectivity index (χ0) is 40.5. The van der Waals surface area contributed by atoms with Crippen LogP contribution < -0.4 is 21.9 Å². The fraction of sp³-hybridized carbons (Fsp3) is 0.811. The molecule has 4 aliphatic heterocycles. The van der Waals surface area contributed by atoms with Crippen molar-refractivity contribution < 1.29 is 52.2 Å². The molecule has 1 aromatic heterocycles. The van der Waals surface area contributed by atoms with Gasteiger partial charge in [0.05, 0.1) is 6.07 Å². The number of unbranched alkanes of at least 4 members (excludes halogenated alkanes) is 1. The van der Waals surface area contributed by atoms with E-state index in [0.29, 0.717) is 19.3 Å². The Morgan fingerprint density at radius 2 is 1.62 bits per heavy atom. The molecule has 1 aromatic rings.